The molecule has 0 saturated carbocycles. The van der Waals surface area contributed by atoms with Gasteiger partial charge in [-0.1, -0.05) is 29.8 Å². The number of nitrogens with zero attached hydrogens (tertiary/aromatic N) is 1. The number of nitro groups is 1. The highest BCUT2D eigenvalue weighted by molar-refractivity contribution is 7.80. The average molecular weight is 390 g/mol. The van der Waals surface area contributed by atoms with Crippen LogP contribution in [0.2, 0.25) is 5.02 Å². The molecular weight excluding hydrogens is 378 g/mol. The maximum Gasteiger partial charge on any atom is 0.273 e. The Labute approximate surface area is 158 Å². The molecule has 0 atom stereocenters. The first kappa shape index (κ1) is 17.8. The van der Waals surface area contributed by atoms with Crippen molar-refractivity contribution >= 4 is 46.6 Å². The van der Waals surface area contributed by atoms with Crippen molar-refractivity contribution < 1.29 is 14.5 Å². The highest BCUT2D eigenvalue weighted by Crippen LogP contribution is 2.28. The van der Waals surface area contributed by atoms with Crippen molar-refractivity contribution in [1.82, 2.24) is 10.6 Å². The van der Waals surface area contributed by atoms with Crippen LogP contribution in [0.3, 0.4) is 0 Å². The monoisotopic (exact) mass is 389 g/mol. The summed E-state index contributed by atoms with van der Waals surface area (Å²) in [6, 6.07) is 11.3. The molecule has 0 aromatic heterocycles. The van der Waals surface area contributed by atoms with Gasteiger partial charge in [0, 0.05) is 28.3 Å². The third-order valence-electron chi connectivity index (χ3n) is 3.56. The van der Waals surface area contributed by atoms with Gasteiger partial charge in [0.05, 0.1) is 4.92 Å². The molecule has 1 saturated heterocycles. The number of nitro benzene ring substituents is 1. The Balaban J connectivity index is 1.93. The molecule has 2 N–H and O–H groups in total. The molecule has 9 heteroatoms. The van der Waals surface area contributed by atoms with Gasteiger partial charge < -0.3 is 10.1 Å². The quantitative estimate of drug-likeness (QED) is 0.353. The van der Waals surface area contributed by atoms with Crippen molar-refractivity contribution in [3.63, 3.8) is 0 Å². The van der Waals surface area contributed by atoms with Crippen LogP contribution in [0, 0.1) is 10.1 Å². The van der Waals surface area contributed by atoms with Crippen LogP contribution in [-0.4, -0.2) is 15.9 Å². The lowest BCUT2D eigenvalue weighted by atomic mass is 10.1. The minimum absolute atomic E-state index is 0.122. The van der Waals surface area contributed by atoms with Gasteiger partial charge in [0.15, 0.2) is 5.11 Å². The number of benzene rings is 2. The number of carbonyl (C=O) groups excluding carboxylic acids is 1. The van der Waals surface area contributed by atoms with Crippen LogP contribution in [0.4, 0.5) is 5.69 Å². The van der Waals surface area contributed by atoms with E-state index >= 15 is 0 Å². The molecule has 2 aromatic rings. The third kappa shape index (κ3) is 3.98. The predicted molar refractivity (Wildman–Crippen MR) is 101 cm³/mol. The molecule has 0 aliphatic carbocycles. The van der Waals surface area contributed by atoms with E-state index in [1.54, 1.807) is 12.1 Å². The Morgan fingerprint density at radius 3 is 2.65 bits per heavy atom. The highest BCUT2D eigenvalue weighted by atomic mass is 35.5. The summed E-state index contributed by atoms with van der Waals surface area (Å²) >= 11 is 11.0. The molecule has 0 radical (unpaired) electrons. The number of nitrogens with one attached hydrogen (secondary N) is 2. The Morgan fingerprint density at radius 1 is 1.23 bits per heavy atom. The molecule has 0 unspecified atom stereocenters. The van der Waals surface area contributed by atoms with Crippen LogP contribution in [-0.2, 0) is 11.4 Å². The minimum atomic E-state index is -0.521. The van der Waals surface area contributed by atoms with E-state index in [0.717, 1.165) is 5.56 Å². The molecule has 7 nitrogen and oxygen atoms in total. The zero-order chi connectivity index (χ0) is 18.7. The van der Waals surface area contributed by atoms with E-state index in [-0.39, 0.29) is 23.1 Å². The van der Waals surface area contributed by atoms with Crippen LogP contribution in [0.1, 0.15) is 11.1 Å². The van der Waals surface area contributed by atoms with Crippen LogP contribution in [0.5, 0.6) is 5.75 Å². The lowest BCUT2D eigenvalue weighted by Gasteiger charge is -2.11. The lowest BCUT2D eigenvalue weighted by molar-refractivity contribution is -0.384. The number of ether oxygens (including phenoxy) is 1. The Morgan fingerprint density at radius 2 is 2.00 bits per heavy atom. The fraction of sp³-hybridized carbons (Fsp3) is 0.0588. The molecule has 1 aliphatic rings. The minimum Gasteiger partial charge on any atom is -0.488 e. The number of hydrogen-bond acceptors (Lipinski definition) is 5. The van der Waals surface area contributed by atoms with Crippen molar-refractivity contribution in [1.29, 1.82) is 0 Å². The van der Waals surface area contributed by atoms with E-state index in [2.05, 4.69) is 10.6 Å². The van der Waals surface area contributed by atoms with Gasteiger partial charge in [-0.25, -0.2) is 0 Å². The fourth-order valence-corrected chi connectivity index (χ4v) is 2.70. The topological polar surface area (TPSA) is 93.5 Å². The van der Waals surface area contributed by atoms with E-state index in [9.17, 15) is 14.9 Å². The number of carbonyl (C=O) groups is 1. The van der Waals surface area contributed by atoms with Gasteiger partial charge in [-0.2, -0.15) is 0 Å². The van der Waals surface area contributed by atoms with Crippen LogP contribution < -0.4 is 15.4 Å². The zero-order valence-electron chi connectivity index (χ0n) is 13.2. The van der Waals surface area contributed by atoms with Gasteiger partial charge >= 0.3 is 0 Å². The van der Waals surface area contributed by atoms with Gasteiger partial charge in [-0.15, -0.1) is 0 Å². The summed E-state index contributed by atoms with van der Waals surface area (Å²) in [5.74, 6) is -0.0472. The summed E-state index contributed by atoms with van der Waals surface area (Å²) in [7, 11) is 0. The van der Waals surface area contributed by atoms with Crippen molar-refractivity contribution in [3.8, 4) is 5.75 Å². The summed E-state index contributed by atoms with van der Waals surface area (Å²) < 4.78 is 5.77. The van der Waals surface area contributed by atoms with Gasteiger partial charge in [0.1, 0.15) is 18.1 Å². The summed E-state index contributed by atoms with van der Waals surface area (Å²) in [6.45, 7) is 0.172. The standard InChI is InChI=1S/C17H12ClN3O4S/c18-13-4-2-1-3-10(13)9-25-15-6-5-12(21(23)24)7-11(15)8-14-16(22)20-17(26)19-14/h1-8H,9H2,(H2,19,20,22,26). The maximum absolute atomic E-state index is 11.8. The molecule has 1 amide bonds. The summed E-state index contributed by atoms with van der Waals surface area (Å²) in [5, 5.41) is 16.9. The van der Waals surface area contributed by atoms with Crippen LogP contribution >= 0.6 is 23.8 Å². The predicted octanol–water partition coefficient (Wildman–Crippen LogP) is 3.17. The van der Waals surface area contributed by atoms with E-state index in [1.165, 1.54) is 24.3 Å². The second kappa shape index (κ2) is 7.51. The second-order valence-electron chi connectivity index (χ2n) is 5.33. The molecule has 0 bridgehead atoms. The molecule has 1 fully saturated rings. The number of rotatable bonds is 5. The number of thiocarbonyl (C=S) groups is 1. The van der Waals surface area contributed by atoms with Crippen molar-refractivity contribution in [2.24, 2.45) is 0 Å². The van der Waals surface area contributed by atoms with Gasteiger partial charge in [0.2, 0.25) is 0 Å². The van der Waals surface area contributed by atoms with Gasteiger partial charge in [0.25, 0.3) is 11.6 Å². The third-order valence-corrected chi connectivity index (χ3v) is 4.14. The molecule has 1 aliphatic heterocycles. The fourth-order valence-electron chi connectivity index (χ4n) is 2.30. The zero-order valence-corrected chi connectivity index (χ0v) is 14.8. The van der Waals surface area contributed by atoms with E-state index in [4.69, 9.17) is 28.6 Å². The van der Waals surface area contributed by atoms with E-state index in [1.807, 2.05) is 12.1 Å². The Bertz CT molecular complexity index is 945. The molecular formula is C17H12ClN3O4S. The van der Waals surface area contributed by atoms with Crippen molar-refractivity contribution in [3.05, 3.63) is 74.4 Å². The number of amides is 1. The maximum atomic E-state index is 11.8. The normalized spacial score (nSPS) is 14.9. The SMILES string of the molecule is O=C1NC(=S)NC1=Cc1cc([N+](=O)[O-])ccc1OCc1ccccc1Cl. The van der Waals surface area contributed by atoms with Crippen molar-refractivity contribution in [2.75, 3.05) is 0 Å². The lowest BCUT2D eigenvalue weighted by Crippen LogP contribution is -2.21. The molecule has 26 heavy (non-hydrogen) atoms. The smallest absolute Gasteiger partial charge is 0.273 e. The second-order valence-corrected chi connectivity index (χ2v) is 6.14. The largest absolute Gasteiger partial charge is 0.488 e. The van der Waals surface area contributed by atoms with Gasteiger partial charge in [-0.3, -0.25) is 20.2 Å². The summed E-state index contributed by atoms with van der Waals surface area (Å²) in [4.78, 5) is 22.4. The van der Waals surface area contributed by atoms with E-state index < -0.39 is 10.8 Å². The number of hydrogen-bond donors (Lipinski definition) is 2. The first-order valence-corrected chi connectivity index (χ1v) is 8.21. The molecule has 132 valence electrons. The highest BCUT2D eigenvalue weighted by Gasteiger charge is 2.21. The summed E-state index contributed by atoms with van der Waals surface area (Å²) in [6.07, 6.45) is 1.45. The Hall–Kier alpha value is -2.97. The van der Waals surface area contributed by atoms with Gasteiger partial charge in [-0.05, 0) is 30.4 Å². The molecule has 1 heterocycles. The molecule has 0 spiro atoms. The first-order chi connectivity index (χ1) is 12.4. The number of halogens is 1. The molecule has 3 rings (SSSR count). The van der Waals surface area contributed by atoms with Crippen LogP contribution in [0.25, 0.3) is 6.08 Å². The Kier molecular flexibility index (Phi) is 5.15. The van der Waals surface area contributed by atoms with E-state index in [0.29, 0.717) is 16.3 Å². The number of non-ortho nitro benzene ring substituents is 1. The first-order valence-electron chi connectivity index (χ1n) is 7.43. The van der Waals surface area contributed by atoms with Crippen molar-refractivity contribution in [2.45, 2.75) is 6.61 Å². The molecule has 2 aromatic carbocycles. The van der Waals surface area contributed by atoms with Crippen LogP contribution in [0.15, 0.2) is 48.2 Å². The summed E-state index contributed by atoms with van der Waals surface area (Å²) in [5.41, 5.74) is 1.19. The average Bonchev–Trinajstić information content (AvgIpc) is 2.92.